The highest BCUT2D eigenvalue weighted by molar-refractivity contribution is 5.52. The molecule has 0 saturated carbocycles. The zero-order valence-electron chi connectivity index (χ0n) is 7.79. The summed E-state index contributed by atoms with van der Waals surface area (Å²) in [6, 6.07) is 8.48. The molecule has 0 amide bonds. The van der Waals surface area contributed by atoms with Gasteiger partial charge in [-0.2, -0.15) is 0 Å². The van der Waals surface area contributed by atoms with E-state index in [0.29, 0.717) is 0 Å². The van der Waals surface area contributed by atoms with E-state index in [4.69, 9.17) is 0 Å². The molecule has 0 spiro atoms. The molecule has 1 aliphatic carbocycles. The third-order valence-electron chi connectivity index (χ3n) is 2.59. The Morgan fingerprint density at radius 2 is 2.08 bits per heavy atom. The summed E-state index contributed by atoms with van der Waals surface area (Å²) in [6.07, 6.45) is 7.94. The van der Waals surface area contributed by atoms with E-state index in [2.05, 4.69) is 36.9 Å². The Labute approximate surface area is 79.6 Å². The van der Waals surface area contributed by atoms with Crippen molar-refractivity contribution in [2.45, 2.75) is 19.3 Å². The fourth-order valence-corrected chi connectivity index (χ4v) is 1.65. The van der Waals surface area contributed by atoms with Crippen LogP contribution in [0.2, 0.25) is 0 Å². The molecule has 1 aliphatic rings. The van der Waals surface area contributed by atoms with E-state index in [1.54, 1.807) is 5.57 Å². The van der Waals surface area contributed by atoms with Crippen molar-refractivity contribution in [1.82, 2.24) is 0 Å². The molecule has 0 unspecified atom stereocenters. The van der Waals surface area contributed by atoms with Crippen LogP contribution < -0.4 is 0 Å². The van der Waals surface area contributed by atoms with Gasteiger partial charge < -0.3 is 0 Å². The van der Waals surface area contributed by atoms with Crippen LogP contribution in [-0.4, -0.2) is 0 Å². The predicted molar refractivity (Wildman–Crippen MR) is 57.6 cm³/mol. The van der Waals surface area contributed by atoms with Gasteiger partial charge in [-0.25, -0.2) is 0 Å². The second-order valence-electron chi connectivity index (χ2n) is 3.48. The van der Waals surface area contributed by atoms with Crippen molar-refractivity contribution in [1.29, 1.82) is 0 Å². The van der Waals surface area contributed by atoms with Crippen molar-refractivity contribution in [3.05, 3.63) is 53.6 Å². The Kier molecular flexibility index (Phi) is 2.31. The van der Waals surface area contributed by atoms with Gasteiger partial charge in [-0.05, 0) is 30.4 Å². The van der Waals surface area contributed by atoms with E-state index < -0.39 is 0 Å². The molecule has 66 valence electrons. The average molecular weight is 170 g/mol. The van der Waals surface area contributed by atoms with Gasteiger partial charge in [-0.1, -0.05) is 48.6 Å². The smallest absolute Gasteiger partial charge is 0.00611 e. The standard InChI is InChI=1S/C13H14/c1-2-12-8-3-4-9-13(12)10-11-6-5-7-11/h2-4,6,8-9H,1,5,7,10H2. The molecule has 13 heavy (non-hydrogen) atoms. The molecular formula is C13H14. The van der Waals surface area contributed by atoms with E-state index in [-0.39, 0.29) is 0 Å². The van der Waals surface area contributed by atoms with Crippen LogP contribution in [0.15, 0.2) is 42.5 Å². The molecular weight excluding hydrogens is 156 g/mol. The summed E-state index contributed by atoms with van der Waals surface area (Å²) in [6.45, 7) is 3.82. The highest BCUT2D eigenvalue weighted by atomic mass is 14.1. The van der Waals surface area contributed by atoms with Gasteiger partial charge in [0, 0.05) is 0 Å². The monoisotopic (exact) mass is 170 g/mol. The van der Waals surface area contributed by atoms with Gasteiger partial charge in [0.1, 0.15) is 0 Å². The van der Waals surface area contributed by atoms with Crippen molar-refractivity contribution in [2.75, 3.05) is 0 Å². The lowest BCUT2D eigenvalue weighted by atomic mass is 9.91. The minimum atomic E-state index is 1.11. The van der Waals surface area contributed by atoms with Crippen LogP contribution in [-0.2, 0) is 6.42 Å². The van der Waals surface area contributed by atoms with Gasteiger partial charge in [0.2, 0.25) is 0 Å². The summed E-state index contributed by atoms with van der Waals surface area (Å²) in [4.78, 5) is 0. The van der Waals surface area contributed by atoms with Crippen LogP contribution in [0.4, 0.5) is 0 Å². The first-order valence-electron chi connectivity index (χ1n) is 4.78. The van der Waals surface area contributed by atoms with Crippen molar-refractivity contribution >= 4 is 6.08 Å². The fraction of sp³-hybridized carbons (Fsp3) is 0.231. The maximum absolute atomic E-state index is 3.82. The molecule has 1 aromatic carbocycles. The topological polar surface area (TPSA) is 0 Å². The lowest BCUT2D eigenvalue weighted by Crippen LogP contribution is -1.99. The van der Waals surface area contributed by atoms with Crippen molar-refractivity contribution in [2.24, 2.45) is 0 Å². The van der Waals surface area contributed by atoms with Crippen molar-refractivity contribution < 1.29 is 0 Å². The third kappa shape index (κ3) is 1.72. The molecule has 0 bridgehead atoms. The molecule has 0 atom stereocenters. The van der Waals surface area contributed by atoms with Gasteiger partial charge in [0.05, 0.1) is 0 Å². The quantitative estimate of drug-likeness (QED) is 0.608. The van der Waals surface area contributed by atoms with Crippen LogP contribution in [0, 0.1) is 0 Å². The van der Waals surface area contributed by atoms with E-state index in [1.807, 2.05) is 6.08 Å². The van der Waals surface area contributed by atoms with Crippen LogP contribution in [0.25, 0.3) is 6.08 Å². The Balaban J connectivity index is 2.22. The third-order valence-corrected chi connectivity index (χ3v) is 2.59. The Morgan fingerprint density at radius 1 is 1.31 bits per heavy atom. The highest BCUT2D eigenvalue weighted by Crippen LogP contribution is 2.24. The number of hydrogen-bond acceptors (Lipinski definition) is 0. The largest absolute Gasteiger partial charge is 0.0985 e. The molecule has 0 heterocycles. The van der Waals surface area contributed by atoms with Gasteiger partial charge in [0.25, 0.3) is 0 Å². The Morgan fingerprint density at radius 3 is 2.69 bits per heavy atom. The summed E-state index contributed by atoms with van der Waals surface area (Å²) in [7, 11) is 0. The van der Waals surface area contributed by atoms with E-state index >= 15 is 0 Å². The summed E-state index contributed by atoms with van der Waals surface area (Å²) < 4.78 is 0. The second kappa shape index (κ2) is 3.61. The van der Waals surface area contributed by atoms with E-state index in [1.165, 1.54) is 24.0 Å². The molecule has 0 N–H and O–H groups in total. The van der Waals surface area contributed by atoms with Crippen LogP contribution in [0.1, 0.15) is 24.0 Å². The Bertz CT molecular complexity index is 345. The summed E-state index contributed by atoms with van der Waals surface area (Å²) in [5.41, 5.74) is 4.26. The van der Waals surface area contributed by atoms with Gasteiger partial charge in [-0.15, -0.1) is 0 Å². The molecule has 0 heteroatoms. The summed E-state index contributed by atoms with van der Waals surface area (Å²) in [5.74, 6) is 0. The zero-order chi connectivity index (χ0) is 9.10. The van der Waals surface area contributed by atoms with Gasteiger partial charge in [-0.3, -0.25) is 0 Å². The van der Waals surface area contributed by atoms with E-state index in [9.17, 15) is 0 Å². The normalized spacial score (nSPS) is 14.6. The van der Waals surface area contributed by atoms with Crippen LogP contribution in [0.5, 0.6) is 0 Å². The lowest BCUT2D eigenvalue weighted by molar-refractivity contribution is 0.829. The second-order valence-corrected chi connectivity index (χ2v) is 3.48. The first kappa shape index (κ1) is 8.31. The summed E-state index contributed by atoms with van der Waals surface area (Å²) >= 11 is 0. The molecule has 1 aromatic rings. The average Bonchev–Trinajstić information content (AvgIpc) is 2.12. The molecule has 0 aliphatic heterocycles. The minimum Gasteiger partial charge on any atom is -0.0985 e. The van der Waals surface area contributed by atoms with Crippen LogP contribution in [0.3, 0.4) is 0 Å². The number of rotatable bonds is 3. The maximum Gasteiger partial charge on any atom is -0.00611 e. The first-order chi connectivity index (χ1) is 6.40. The fourth-order valence-electron chi connectivity index (χ4n) is 1.65. The SMILES string of the molecule is C=Cc1ccccc1CC1=CCC1. The maximum atomic E-state index is 3.82. The van der Waals surface area contributed by atoms with Gasteiger partial charge >= 0.3 is 0 Å². The predicted octanol–water partition coefficient (Wildman–Crippen LogP) is 3.59. The van der Waals surface area contributed by atoms with Crippen molar-refractivity contribution in [3.63, 3.8) is 0 Å². The van der Waals surface area contributed by atoms with Gasteiger partial charge in [0.15, 0.2) is 0 Å². The van der Waals surface area contributed by atoms with E-state index in [0.717, 1.165) is 6.42 Å². The number of benzene rings is 1. The summed E-state index contributed by atoms with van der Waals surface area (Å²) in [5, 5.41) is 0. The first-order valence-corrected chi connectivity index (χ1v) is 4.78. The van der Waals surface area contributed by atoms with Crippen LogP contribution >= 0.6 is 0 Å². The molecule has 0 fully saturated rings. The lowest BCUT2D eigenvalue weighted by Gasteiger charge is -2.15. The molecule has 0 aromatic heterocycles. The van der Waals surface area contributed by atoms with Crippen molar-refractivity contribution in [3.8, 4) is 0 Å². The molecule has 0 radical (unpaired) electrons. The zero-order valence-corrected chi connectivity index (χ0v) is 7.79. The molecule has 0 nitrogen and oxygen atoms in total. The Hall–Kier alpha value is -1.30. The highest BCUT2D eigenvalue weighted by Gasteiger charge is 2.07. The number of hydrogen-bond donors (Lipinski definition) is 0. The minimum absolute atomic E-state index is 1.11. The molecule has 0 saturated heterocycles. The number of allylic oxidation sites excluding steroid dienone is 2. The molecule has 2 rings (SSSR count).